The molecule has 1 aromatic heterocycles. The van der Waals surface area contributed by atoms with E-state index < -0.39 is 0 Å². The molecule has 0 atom stereocenters. The highest BCUT2D eigenvalue weighted by molar-refractivity contribution is 5.98. The number of anilines is 1. The molecule has 1 aromatic carbocycles. The molecule has 0 fully saturated rings. The van der Waals surface area contributed by atoms with Crippen LogP contribution in [0.4, 0.5) is 5.69 Å². The van der Waals surface area contributed by atoms with E-state index >= 15 is 0 Å². The Morgan fingerprint density at radius 2 is 1.87 bits per heavy atom. The summed E-state index contributed by atoms with van der Waals surface area (Å²) in [7, 11) is 1.69. The largest absolute Gasteiger partial charge is 0.342 e. The van der Waals surface area contributed by atoms with Gasteiger partial charge >= 0.3 is 0 Å². The monoisotopic (exact) mass is 314 g/mol. The summed E-state index contributed by atoms with van der Waals surface area (Å²) in [4.78, 5) is 23.9. The smallest absolute Gasteiger partial charge is 0.269 e. The van der Waals surface area contributed by atoms with Crippen molar-refractivity contribution in [1.82, 2.24) is 15.1 Å². The van der Waals surface area contributed by atoms with Gasteiger partial charge in [0.1, 0.15) is 5.69 Å². The van der Waals surface area contributed by atoms with Crippen LogP contribution in [0.2, 0.25) is 0 Å². The SMILES string of the molecule is Cc1cc(C(=O)NCC(=O)Nc2ccc(C(C)C)cc2)n(C)n1. The van der Waals surface area contributed by atoms with Crippen LogP contribution in [0, 0.1) is 6.92 Å². The van der Waals surface area contributed by atoms with Crippen molar-refractivity contribution in [3.63, 3.8) is 0 Å². The van der Waals surface area contributed by atoms with Gasteiger partial charge < -0.3 is 10.6 Å². The molecule has 0 radical (unpaired) electrons. The summed E-state index contributed by atoms with van der Waals surface area (Å²) in [6.07, 6.45) is 0. The summed E-state index contributed by atoms with van der Waals surface area (Å²) < 4.78 is 1.49. The van der Waals surface area contributed by atoms with E-state index in [4.69, 9.17) is 0 Å². The Bertz CT molecular complexity index is 702. The molecule has 1 heterocycles. The van der Waals surface area contributed by atoms with E-state index in [1.54, 1.807) is 13.1 Å². The van der Waals surface area contributed by atoms with Crippen LogP contribution in [0.15, 0.2) is 30.3 Å². The molecule has 6 heteroatoms. The van der Waals surface area contributed by atoms with Crippen LogP contribution in [0.25, 0.3) is 0 Å². The summed E-state index contributed by atoms with van der Waals surface area (Å²) in [6.45, 7) is 5.95. The molecule has 0 unspecified atom stereocenters. The van der Waals surface area contributed by atoms with Crippen LogP contribution in [0.5, 0.6) is 0 Å². The fraction of sp³-hybridized carbons (Fsp3) is 0.353. The van der Waals surface area contributed by atoms with Gasteiger partial charge in [-0.25, -0.2) is 0 Å². The lowest BCUT2D eigenvalue weighted by atomic mass is 10.0. The van der Waals surface area contributed by atoms with Gasteiger partial charge in [-0.05, 0) is 36.6 Å². The molecule has 0 aliphatic rings. The van der Waals surface area contributed by atoms with Crippen molar-refractivity contribution >= 4 is 17.5 Å². The van der Waals surface area contributed by atoms with Crippen molar-refractivity contribution in [2.45, 2.75) is 26.7 Å². The average Bonchev–Trinajstić information content (AvgIpc) is 2.84. The van der Waals surface area contributed by atoms with E-state index in [-0.39, 0.29) is 18.4 Å². The first-order valence-corrected chi connectivity index (χ1v) is 7.55. The molecule has 23 heavy (non-hydrogen) atoms. The van der Waals surface area contributed by atoms with Crippen LogP contribution in [0.1, 0.15) is 41.5 Å². The van der Waals surface area contributed by atoms with E-state index in [0.717, 1.165) is 5.69 Å². The number of nitrogens with one attached hydrogen (secondary N) is 2. The highest BCUT2D eigenvalue weighted by atomic mass is 16.2. The number of hydrogen-bond acceptors (Lipinski definition) is 3. The Hall–Kier alpha value is -2.63. The van der Waals surface area contributed by atoms with Gasteiger partial charge in [-0.15, -0.1) is 0 Å². The number of nitrogens with zero attached hydrogens (tertiary/aromatic N) is 2. The molecule has 2 aromatic rings. The molecule has 0 bridgehead atoms. The maximum atomic E-state index is 12.0. The molecule has 0 saturated carbocycles. The second-order valence-corrected chi connectivity index (χ2v) is 5.80. The topological polar surface area (TPSA) is 76.0 Å². The third-order valence-electron chi connectivity index (χ3n) is 3.51. The van der Waals surface area contributed by atoms with Crippen LogP contribution in [-0.4, -0.2) is 28.1 Å². The minimum Gasteiger partial charge on any atom is -0.342 e. The highest BCUT2D eigenvalue weighted by Crippen LogP contribution is 2.16. The lowest BCUT2D eigenvalue weighted by molar-refractivity contribution is -0.115. The lowest BCUT2D eigenvalue weighted by Gasteiger charge is -2.09. The van der Waals surface area contributed by atoms with Crippen LogP contribution < -0.4 is 10.6 Å². The summed E-state index contributed by atoms with van der Waals surface area (Å²) >= 11 is 0. The van der Waals surface area contributed by atoms with E-state index in [1.165, 1.54) is 10.2 Å². The number of carbonyl (C=O) groups is 2. The molecule has 122 valence electrons. The Morgan fingerprint density at radius 3 is 2.39 bits per heavy atom. The first-order valence-electron chi connectivity index (χ1n) is 7.55. The van der Waals surface area contributed by atoms with Crippen molar-refractivity contribution in [2.24, 2.45) is 7.05 Å². The average molecular weight is 314 g/mol. The maximum Gasteiger partial charge on any atom is 0.269 e. The highest BCUT2D eigenvalue weighted by Gasteiger charge is 2.13. The quantitative estimate of drug-likeness (QED) is 0.888. The Labute approximate surface area is 135 Å². The Morgan fingerprint density at radius 1 is 1.22 bits per heavy atom. The van der Waals surface area contributed by atoms with Crippen molar-refractivity contribution in [2.75, 3.05) is 11.9 Å². The zero-order chi connectivity index (χ0) is 17.0. The van der Waals surface area contributed by atoms with Gasteiger partial charge in [-0.1, -0.05) is 26.0 Å². The third-order valence-corrected chi connectivity index (χ3v) is 3.51. The molecular weight excluding hydrogens is 292 g/mol. The molecule has 2 amide bonds. The van der Waals surface area contributed by atoms with Gasteiger partial charge in [0.2, 0.25) is 5.91 Å². The predicted octanol–water partition coefficient (Wildman–Crippen LogP) is 2.22. The molecule has 0 aliphatic carbocycles. The van der Waals surface area contributed by atoms with Crippen LogP contribution >= 0.6 is 0 Å². The van der Waals surface area contributed by atoms with Gasteiger partial charge in [-0.2, -0.15) is 5.10 Å². The van der Waals surface area contributed by atoms with Crippen molar-refractivity contribution in [3.8, 4) is 0 Å². The van der Waals surface area contributed by atoms with E-state index in [1.807, 2.05) is 31.2 Å². The molecule has 2 rings (SSSR count). The van der Waals surface area contributed by atoms with Crippen molar-refractivity contribution in [1.29, 1.82) is 0 Å². The Balaban J connectivity index is 1.87. The lowest BCUT2D eigenvalue weighted by Crippen LogP contribution is -2.33. The number of aryl methyl sites for hydroxylation is 2. The molecule has 0 aliphatic heterocycles. The molecule has 0 spiro atoms. The predicted molar refractivity (Wildman–Crippen MR) is 89.4 cm³/mol. The zero-order valence-electron chi connectivity index (χ0n) is 13.9. The molecular formula is C17H22N4O2. The number of rotatable bonds is 5. The fourth-order valence-corrected chi connectivity index (χ4v) is 2.23. The summed E-state index contributed by atoms with van der Waals surface area (Å²) in [6, 6.07) is 9.37. The summed E-state index contributed by atoms with van der Waals surface area (Å²) in [5.41, 5.74) is 3.11. The minimum absolute atomic E-state index is 0.0883. The van der Waals surface area contributed by atoms with E-state index in [9.17, 15) is 9.59 Å². The summed E-state index contributed by atoms with van der Waals surface area (Å²) in [5.74, 6) is -0.144. The third kappa shape index (κ3) is 4.42. The van der Waals surface area contributed by atoms with E-state index in [0.29, 0.717) is 17.3 Å². The first kappa shape index (κ1) is 16.7. The molecule has 0 saturated heterocycles. The minimum atomic E-state index is -0.321. The zero-order valence-corrected chi connectivity index (χ0v) is 13.9. The van der Waals surface area contributed by atoms with Gasteiger partial charge in [0.25, 0.3) is 5.91 Å². The van der Waals surface area contributed by atoms with Crippen LogP contribution in [0.3, 0.4) is 0 Å². The van der Waals surface area contributed by atoms with E-state index in [2.05, 4.69) is 29.6 Å². The second-order valence-electron chi connectivity index (χ2n) is 5.80. The number of carbonyl (C=O) groups excluding carboxylic acids is 2. The summed E-state index contributed by atoms with van der Waals surface area (Å²) in [5, 5.41) is 9.45. The number of amides is 2. The van der Waals surface area contributed by atoms with Crippen molar-refractivity contribution < 1.29 is 9.59 Å². The van der Waals surface area contributed by atoms with Gasteiger partial charge in [0, 0.05) is 12.7 Å². The number of benzene rings is 1. The fourth-order valence-electron chi connectivity index (χ4n) is 2.23. The van der Waals surface area contributed by atoms with Gasteiger partial charge in [0.15, 0.2) is 0 Å². The second kappa shape index (κ2) is 7.09. The Kier molecular flexibility index (Phi) is 5.16. The molecule has 2 N–H and O–H groups in total. The first-order chi connectivity index (χ1) is 10.9. The number of hydrogen-bond donors (Lipinski definition) is 2. The van der Waals surface area contributed by atoms with Crippen molar-refractivity contribution in [3.05, 3.63) is 47.3 Å². The van der Waals surface area contributed by atoms with Gasteiger partial charge in [-0.3, -0.25) is 14.3 Å². The maximum absolute atomic E-state index is 12.0. The van der Waals surface area contributed by atoms with Crippen LogP contribution in [-0.2, 0) is 11.8 Å². The normalized spacial score (nSPS) is 10.7. The van der Waals surface area contributed by atoms with Gasteiger partial charge in [0.05, 0.1) is 12.2 Å². The number of aromatic nitrogens is 2. The standard InChI is InChI=1S/C17H22N4O2/c1-11(2)13-5-7-14(8-6-13)19-16(22)10-18-17(23)15-9-12(3)20-21(15)4/h5-9,11H,10H2,1-4H3,(H,18,23)(H,19,22). The molecule has 6 nitrogen and oxygen atoms in total.